The smallest absolute Gasteiger partial charge is 0.0205 e. The maximum atomic E-state index is 3.46. The Hall–Kier alpha value is -0.860. The second-order valence-electron chi connectivity index (χ2n) is 4.68. The molecule has 0 bridgehead atoms. The molecule has 0 aromatic heterocycles. The van der Waals surface area contributed by atoms with Crippen molar-refractivity contribution in [3.05, 3.63) is 35.4 Å². The number of hydrogen-bond acceptors (Lipinski definition) is 2. The van der Waals surface area contributed by atoms with E-state index >= 15 is 0 Å². The first-order valence-corrected chi connectivity index (χ1v) is 6.72. The van der Waals surface area contributed by atoms with E-state index in [2.05, 4.69) is 48.7 Å². The van der Waals surface area contributed by atoms with Crippen molar-refractivity contribution in [2.75, 3.05) is 20.1 Å². The molecule has 17 heavy (non-hydrogen) atoms. The molecular weight excluding hydrogens is 208 g/mol. The molecule has 2 N–H and O–H groups in total. The van der Waals surface area contributed by atoms with Crippen LogP contribution in [0.1, 0.15) is 43.7 Å². The molecule has 0 heterocycles. The van der Waals surface area contributed by atoms with Crippen LogP contribution >= 0.6 is 0 Å². The van der Waals surface area contributed by atoms with Gasteiger partial charge in [-0.3, -0.25) is 0 Å². The summed E-state index contributed by atoms with van der Waals surface area (Å²) >= 11 is 0. The molecule has 1 unspecified atom stereocenters. The Bertz CT molecular complexity index is 292. The van der Waals surface area contributed by atoms with Gasteiger partial charge in [0.2, 0.25) is 0 Å². The highest BCUT2D eigenvalue weighted by molar-refractivity contribution is 5.24. The first-order chi connectivity index (χ1) is 8.27. The van der Waals surface area contributed by atoms with Crippen molar-refractivity contribution in [2.45, 2.75) is 39.2 Å². The van der Waals surface area contributed by atoms with Gasteiger partial charge in [-0.15, -0.1) is 0 Å². The normalized spacial score (nSPS) is 12.6. The van der Waals surface area contributed by atoms with E-state index in [0.29, 0.717) is 5.92 Å². The van der Waals surface area contributed by atoms with Crippen LogP contribution in [-0.4, -0.2) is 20.1 Å². The molecule has 0 saturated heterocycles. The first kappa shape index (κ1) is 14.2. The van der Waals surface area contributed by atoms with Crippen LogP contribution in [0.2, 0.25) is 0 Å². The average Bonchev–Trinajstić information content (AvgIpc) is 2.38. The minimum absolute atomic E-state index is 0.674. The van der Waals surface area contributed by atoms with Gasteiger partial charge in [0.25, 0.3) is 0 Å². The fourth-order valence-electron chi connectivity index (χ4n) is 1.82. The molecule has 0 saturated carbocycles. The molecule has 2 nitrogen and oxygen atoms in total. The topological polar surface area (TPSA) is 24.1 Å². The number of hydrogen-bond donors (Lipinski definition) is 2. The van der Waals surface area contributed by atoms with Crippen LogP contribution in [0.25, 0.3) is 0 Å². The third-order valence-electron chi connectivity index (χ3n) is 3.27. The molecular formula is C15H26N2. The summed E-state index contributed by atoms with van der Waals surface area (Å²) in [6.07, 6.45) is 2.39. The Kier molecular flexibility index (Phi) is 6.90. The predicted octanol–water partition coefficient (Wildman–Crippen LogP) is 2.90. The van der Waals surface area contributed by atoms with Crippen LogP contribution in [0.3, 0.4) is 0 Å². The summed E-state index contributed by atoms with van der Waals surface area (Å²) in [5, 5.41) is 6.61. The van der Waals surface area contributed by atoms with Crippen molar-refractivity contribution in [1.29, 1.82) is 0 Å². The molecule has 0 fully saturated rings. The molecule has 0 aliphatic rings. The monoisotopic (exact) mass is 234 g/mol. The number of rotatable bonds is 8. The van der Waals surface area contributed by atoms with Crippen LogP contribution in [0.5, 0.6) is 0 Å². The zero-order chi connectivity index (χ0) is 12.5. The summed E-state index contributed by atoms with van der Waals surface area (Å²) in [5.41, 5.74) is 2.83. The van der Waals surface area contributed by atoms with Crippen molar-refractivity contribution in [1.82, 2.24) is 10.6 Å². The summed E-state index contributed by atoms with van der Waals surface area (Å²) in [6, 6.07) is 9.01. The Labute approximate surface area is 106 Å². The second-order valence-corrected chi connectivity index (χ2v) is 4.68. The van der Waals surface area contributed by atoms with E-state index < -0.39 is 0 Å². The number of benzene rings is 1. The van der Waals surface area contributed by atoms with Gasteiger partial charge in [0.05, 0.1) is 0 Å². The molecule has 1 aromatic rings. The highest BCUT2D eigenvalue weighted by Gasteiger charge is 2.01. The third-order valence-corrected chi connectivity index (χ3v) is 3.27. The Morgan fingerprint density at radius 1 is 1.12 bits per heavy atom. The van der Waals surface area contributed by atoms with Crippen molar-refractivity contribution < 1.29 is 0 Å². The fraction of sp³-hybridized carbons (Fsp3) is 0.600. The Morgan fingerprint density at radius 3 is 2.41 bits per heavy atom. The zero-order valence-corrected chi connectivity index (χ0v) is 11.4. The highest BCUT2D eigenvalue weighted by Crippen LogP contribution is 2.18. The minimum atomic E-state index is 0.674. The summed E-state index contributed by atoms with van der Waals surface area (Å²) in [6.45, 7) is 7.66. The van der Waals surface area contributed by atoms with Gasteiger partial charge in [-0.05, 0) is 50.0 Å². The lowest BCUT2D eigenvalue weighted by Crippen LogP contribution is -2.19. The molecule has 0 radical (unpaired) electrons. The van der Waals surface area contributed by atoms with Gasteiger partial charge in [-0.1, -0.05) is 38.1 Å². The first-order valence-electron chi connectivity index (χ1n) is 6.72. The largest absolute Gasteiger partial charge is 0.320 e. The minimum Gasteiger partial charge on any atom is -0.320 e. The quantitative estimate of drug-likeness (QED) is 0.676. The summed E-state index contributed by atoms with van der Waals surface area (Å²) in [4.78, 5) is 0. The van der Waals surface area contributed by atoms with Crippen LogP contribution in [0, 0.1) is 0 Å². The molecule has 0 amide bonds. The van der Waals surface area contributed by atoms with Gasteiger partial charge < -0.3 is 10.6 Å². The van der Waals surface area contributed by atoms with E-state index in [4.69, 9.17) is 0 Å². The fourth-order valence-corrected chi connectivity index (χ4v) is 1.82. The second kappa shape index (κ2) is 8.26. The molecule has 1 atom stereocenters. The van der Waals surface area contributed by atoms with Crippen molar-refractivity contribution >= 4 is 0 Å². The Morgan fingerprint density at radius 2 is 1.82 bits per heavy atom. The van der Waals surface area contributed by atoms with E-state index in [9.17, 15) is 0 Å². The molecule has 0 spiro atoms. The summed E-state index contributed by atoms with van der Waals surface area (Å²) in [7, 11) is 1.99. The van der Waals surface area contributed by atoms with E-state index in [1.165, 1.54) is 24.0 Å². The number of nitrogens with one attached hydrogen (secondary N) is 2. The Balaban J connectivity index is 2.30. The van der Waals surface area contributed by atoms with Crippen LogP contribution < -0.4 is 10.6 Å². The van der Waals surface area contributed by atoms with E-state index in [-0.39, 0.29) is 0 Å². The van der Waals surface area contributed by atoms with Crippen LogP contribution in [-0.2, 0) is 6.54 Å². The molecule has 1 aromatic carbocycles. The molecule has 2 heteroatoms. The lowest BCUT2D eigenvalue weighted by molar-refractivity contribution is 0.625. The van der Waals surface area contributed by atoms with Crippen LogP contribution in [0.4, 0.5) is 0 Å². The van der Waals surface area contributed by atoms with Crippen LogP contribution in [0.15, 0.2) is 24.3 Å². The lowest BCUT2D eigenvalue weighted by atomic mass is 9.98. The maximum Gasteiger partial charge on any atom is 0.0205 e. The van der Waals surface area contributed by atoms with Crippen molar-refractivity contribution in [3.63, 3.8) is 0 Å². The maximum absolute atomic E-state index is 3.46. The summed E-state index contributed by atoms with van der Waals surface area (Å²) in [5.74, 6) is 0.674. The molecule has 0 aliphatic carbocycles. The predicted molar refractivity (Wildman–Crippen MR) is 75.4 cm³/mol. The van der Waals surface area contributed by atoms with Gasteiger partial charge in [0, 0.05) is 6.54 Å². The van der Waals surface area contributed by atoms with Gasteiger partial charge in [0.1, 0.15) is 0 Å². The third kappa shape index (κ3) is 5.33. The van der Waals surface area contributed by atoms with Gasteiger partial charge in [0.15, 0.2) is 0 Å². The highest BCUT2D eigenvalue weighted by atomic mass is 14.9. The van der Waals surface area contributed by atoms with Gasteiger partial charge in [-0.25, -0.2) is 0 Å². The molecule has 0 aliphatic heterocycles. The average molecular weight is 234 g/mol. The van der Waals surface area contributed by atoms with Gasteiger partial charge in [-0.2, -0.15) is 0 Å². The SMILES string of the molecule is CCC(C)c1ccc(CNCCCNC)cc1. The lowest BCUT2D eigenvalue weighted by Gasteiger charge is -2.10. The van der Waals surface area contributed by atoms with Crippen molar-refractivity contribution in [2.24, 2.45) is 0 Å². The molecule has 96 valence electrons. The van der Waals surface area contributed by atoms with E-state index in [1.54, 1.807) is 0 Å². The van der Waals surface area contributed by atoms with Crippen molar-refractivity contribution in [3.8, 4) is 0 Å². The molecule has 1 rings (SSSR count). The standard InChI is InChI=1S/C15H26N2/c1-4-13(2)15-8-6-14(7-9-15)12-17-11-5-10-16-3/h6-9,13,16-17H,4-5,10-12H2,1-3H3. The summed E-state index contributed by atoms with van der Waals surface area (Å²) < 4.78 is 0. The van der Waals surface area contributed by atoms with E-state index in [0.717, 1.165) is 19.6 Å². The van der Waals surface area contributed by atoms with Gasteiger partial charge >= 0.3 is 0 Å². The van der Waals surface area contributed by atoms with E-state index in [1.807, 2.05) is 7.05 Å². The zero-order valence-electron chi connectivity index (χ0n) is 11.4.